The zero-order valence-electron chi connectivity index (χ0n) is 9.05. The van der Waals surface area contributed by atoms with Gasteiger partial charge in [0.2, 0.25) is 0 Å². The van der Waals surface area contributed by atoms with E-state index in [9.17, 15) is 4.79 Å². The first-order valence-corrected chi connectivity index (χ1v) is 7.64. The molecule has 0 fully saturated rings. The molecule has 0 rings (SSSR count). The molecule has 0 radical (unpaired) electrons. The first kappa shape index (κ1) is 12.4. The maximum Gasteiger partial charge on any atom is 0.330 e. The van der Waals surface area contributed by atoms with Crippen LogP contribution >= 0.6 is 0 Å². The third-order valence-corrected chi connectivity index (χ3v) is 8.24. The summed E-state index contributed by atoms with van der Waals surface area (Å²) >= 11 is 0. The molecule has 0 amide bonds. The molecule has 0 aliphatic rings. The van der Waals surface area contributed by atoms with Crippen molar-refractivity contribution < 1.29 is 9.90 Å². The molecule has 13 heavy (non-hydrogen) atoms. The van der Waals surface area contributed by atoms with Crippen LogP contribution in [-0.4, -0.2) is 19.1 Å². The molecule has 0 aromatic rings. The Kier molecular flexibility index (Phi) is 4.99. The van der Waals surface area contributed by atoms with Gasteiger partial charge in [-0.15, -0.1) is 0 Å². The van der Waals surface area contributed by atoms with Crippen molar-refractivity contribution in [2.75, 3.05) is 0 Å². The third kappa shape index (κ3) is 3.34. The van der Waals surface area contributed by atoms with Crippen LogP contribution in [0.5, 0.6) is 0 Å². The van der Waals surface area contributed by atoms with Crippen molar-refractivity contribution in [3.63, 3.8) is 0 Å². The van der Waals surface area contributed by atoms with Crippen LogP contribution in [0.4, 0.5) is 0 Å². The predicted octanol–water partition coefficient (Wildman–Crippen LogP) is 3.07. The SMILES string of the molecule is CC[Si](C=C(C)C(=O)O)(CC)CC. The van der Waals surface area contributed by atoms with Gasteiger partial charge in [-0.2, -0.15) is 0 Å². The van der Waals surface area contributed by atoms with Gasteiger partial charge in [0.25, 0.3) is 0 Å². The number of carboxylic acid groups (broad SMARTS) is 1. The topological polar surface area (TPSA) is 37.3 Å². The molecule has 76 valence electrons. The smallest absolute Gasteiger partial charge is 0.330 e. The maximum absolute atomic E-state index is 10.7. The second-order valence-corrected chi connectivity index (χ2v) is 8.69. The first-order valence-electron chi connectivity index (χ1n) is 4.94. The van der Waals surface area contributed by atoms with Gasteiger partial charge in [0, 0.05) is 5.57 Å². The van der Waals surface area contributed by atoms with Crippen LogP contribution in [0.1, 0.15) is 27.7 Å². The van der Waals surface area contributed by atoms with Crippen LogP contribution in [0.15, 0.2) is 11.3 Å². The number of hydrogen-bond donors (Lipinski definition) is 1. The molecule has 0 unspecified atom stereocenters. The van der Waals surface area contributed by atoms with E-state index in [2.05, 4.69) is 26.5 Å². The van der Waals surface area contributed by atoms with Crippen molar-refractivity contribution >= 4 is 14.0 Å². The summed E-state index contributed by atoms with van der Waals surface area (Å²) in [6, 6.07) is 3.43. The van der Waals surface area contributed by atoms with Crippen LogP contribution < -0.4 is 0 Å². The maximum atomic E-state index is 10.7. The Balaban J connectivity index is 4.76. The lowest BCUT2D eigenvalue weighted by atomic mass is 10.4. The van der Waals surface area contributed by atoms with E-state index in [4.69, 9.17) is 5.11 Å². The number of carbonyl (C=O) groups is 1. The fraction of sp³-hybridized carbons (Fsp3) is 0.700. The molecule has 0 atom stereocenters. The molecule has 0 aromatic carbocycles. The summed E-state index contributed by atoms with van der Waals surface area (Å²) in [5, 5.41) is 8.79. The molecule has 0 saturated carbocycles. The van der Waals surface area contributed by atoms with E-state index in [1.807, 2.05) is 0 Å². The Bertz CT molecular complexity index is 197. The minimum Gasteiger partial charge on any atom is -0.478 e. The molecule has 0 heterocycles. The second kappa shape index (κ2) is 5.22. The normalized spacial score (nSPS) is 13.1. The summed E-state index contributed by atoms with van der Waals surface area (Å²) < 4.78 is 0. The summed E-state index contributed by atoms with van der Waals surface area (Å²) in [5.74, 6) is -0.771. The molecule has 0 aliphatic heterocycles. The van der Waals surface area contributed by atoms with Crippen molar-refractivity contribution in [3.05, 3.63) is 11.3 Å². The Morgan fingerprint density at radius 3 is 1.85 bits per heavy atom. The summed E-state index contributed by atoms with van der Waals surface area (Å²) in [6.07, 6.45) is 0. The molecule has 2 nitrogen and oxygen atoms in total. The highest BCUT2D eigenvalue weighted by Gasteiger charge is 2.24. The van der Waals surface area contributed by atoms with Gasteiger partial charge in [0.15, 0.2) is 0 Å². The number of carboxylic acids is 1. The van der Waals surface area contributed by atoms with E-state index in [0.717, 1.165) is 18.1 Å². The molecule has 0 saturated heterocycles. The van der Waals surface area contributed by atoms with E-state index < -0.39 is 14.0 Å². The van der Waals surface area contributed by atoms with Crippen LogP contribution in [0.25, 0.3) is 0 Å². The fourth-order valence-corrected chi connectivity index (χ4v) is 4.73. The standard InChI is InChI=1S/C10H20O2Si/c1-5-13(6-2,7-3)8-9(4)10(11)12/h8H,5-7H2,1-4H3,(H,11,12). The van der Waals surface area contributed by atoms with Gasteiger partial charge in [0.05, 0.1) is 8.07 Å². The Morgan fingerprint density at radius 1 is 1.23 bits per heavy atom. The van der Waals surface area contributed by atoms with E-state index in [-0.39, 0.29) is 0 Å². The molecule has 0 spiro atoms. The first-order chi connectivity index (χ1) is 6.01. The largest absolute Gasteiger partial charge is 0.478 e. The van der Waals surface area contributed by atoms with Gasteiger partial charge in [-0.05, 0) is 6.92 Å². The molecule has 0 aromatic heterocycles. The number of hydrogen-bond acceptors (Lipinski definition) is 1. The van der Waals surface area contributed by atoms with Crippen molar-refractivity contribution in [3.8, 4) is 0 Å². The summed E-state index contributed by atoms with van der Waals surface area (Å²) in [7, 11) is -1.39. The lowest BCUT2D eigenvalue weighted by molar-refractivity contribution is -0.132. The second-order valence-electron chi connectivity index (χ2n) is 3.56. The molecular weight excluding hydrogens is 180 g/mol. The quantitative estimate of drug-likeness (QED) is 0.547. The van der Waals surface area contributed by atoms with Crippen LogP contribution in [-0.2, 0) is 4.79 Å². The highest BCUT2D eigenvalue weighted by Crippen LogP contribution is 2.23. The van der Waals surface area contributed by atoms with Gasteiger partial charge in [-0.3, -0.25) is 0 Å². The van der Waals surface area contributed by atoms with Gasteiger partial charge >= 0.3 is 5.97 Å². The fourth-order valence-electron chi connectivity index (χ4n) is 1.58. The summed E-state index contributed by atoms with van der Waals surface area (Å²) in [4.78, 5) is 10.7. The number of rotatable bonds is 5. The Labute approximate surface area is 81.7 Å². The van der Waals surface area contributed by atoms with E-state index in [0.29, 0.717) is 5.57 Å². The van der Waals surface area contributed by atoms with Gasteiger partial charge in [0.1, 0.15) is 0 Å². The third-order valence-electron chi connectivity index (χ3n) is 2.97. The zero-order valence-corrected chi connectivity index (χ0v) is 10.1. The molecule has 0 aliphatic carbocycles. The minimum atomic E-state index is -1.39. The van der Waals surface area contributed by atoms with Gasteiger partial charge in [-0.25, -0.2) is 4.79 Å². The van der Waals surface area contributed by atoms with E-state index in [1.54, 1.807) is 6.92 Å². The monoisotopic (exact) mass is 200 g/mol. The van der Waals surface area contributed by atoms with Crippen molar-refractivity contribution in [1.82, 2.24) is 0 Å². The lowest BCUT2D eigenvalue weighted by Crippen LogP contribution is -2.29. The predicted molar refractivity (Wildman–Crippen MR) is 58.6 cm³/mol. The molecule has 3 heteroatoms. The molecule has 0 bridgehead atoms. The van der Waals surface area contributed by atoms with Crippen molar-refractivity contribution in [2.24, 2.45) is 0 Å². The average molecular weight is 200 g/mol. The van der Waals surface area contributed by atoms with Crippen molar-refractivity contribution in [2.45, 2.75) is 45.8 Å². The Hall–Kier alpha value is -0.573. The molecule has 1 N–H and O–H groups in total. The highest BCUT2D eigenvalue weighted by molar-refractivity contribution is 6.84. The van der Waals surface area contributed by atoms with Gasteiger partial charge in [-0.1, -0.05) is 44.6 Å². The van der Waals surface area contributed by atoms with Crippen LogP contribution in [0.3, 0.4) is 0 Å². The van der Waals surface area contributed by atoms with E-state index >= 15 is 0 Å². The highest BCUT2D eigenvalue weighted by atomic mass is 28.3. The summed E-state index contributed by atoms with van der Waals surface area (Å²) in [6.45, 7) is 8.21. The molecular formula is C10H20O2Si. The van der Waals surface area contributed by atoms with Crippen LogP contribution in [0.2, 0.25) is 18.1 Å². The van der Waals surface area contributed by atoms with E-state index in [1.165, 1.54) is 0 Å². The average Bonchev–Trinajstić information content (AvgIpc) is 2.14. The number of aliphatic carboxylic acids is 1. The van der Waals surface area contributed by atoms with Gasteiger partial charge < -0.3 is 5.11 Å². The minimum absolute atomic E-state index is 0.525. The van der Waals surface area contributed by atoms with Crippen molar-refractivity contribution in [1.29, 1.82) is 0 Å². The summed E-state index contributed by atoms with van der Waals surface area (Å²) in [5.41, 5.74) is 2.58. The lowest BCUT2D eigenvalue weighted by Gasteiger charge is -2.24. The van der Waals surface area contributed by atoms with Crippen LogP contribution in [0, 0.1) is 0 Å². The Morgan fingerprint density at radius 2 is 1.62 bits per heavy atom. The zero-order chi connectivity index (χ0) is 10.5.